The summed E-state index contributed by atoms with van der Waals surface area (Å²) in [4.78, 5) is 0. The van der Waals surface area contributed by atoms with Crippen LogP contribution < -0.4 is 5.73 Å². The molecular weight excluding hydrogens is 222 g/mol. The molecule has 4 aliphatic carbocycles. The lowest BCUT2D eigenvalue weighted by molar-refractivity contribution is -0.127. The van der Waals surface area contributed by atoms with Gasteiger partial charge in [0, 0.05) is 17.6 Å². The molecule has 0 saturated heterocycles. The minimum Gasteiger partial charge on any atom is -0.381 e. The van der Waals surface area contributed by atoms with Gasteiger partial charge in [-0.05, 0) is 62.7 Å². The van der Waals surface area contributed by atoms with E-state index in [0.29, 0.717) is 0 Å². The summed E-state index contributed by atoms with van der Waals surface area (Å²) in [6, 6.07) is 0. The molecule has 104 valence electrons. The number of rotatable bonds is 4. The van der Waals surface area contributed by atoms with Crippen molar-refractivity contribution in [2.75, 3.05) is 13.2 Å². The lowest BCUT2D eigenvalue weighted by Crippen LogP contribution is -2.70. The van der Waals surface area contributed by atoms with Crippen molar-refractivity contribution in [3.8, 4) is 0 Å². The van der Waals surface area contributed by atoms with Gasteiger partial charge in [-0.2, -0.15) is 0 Å². The van der Waals surface area contributed by atoms with Gasteiger partial charge in [0.2, 0.25) is 0 Å². The average Bonchev–Trinajstić information content (AvgIpc) is 2.32. The Morgan fingerprint density at radius 3 is 2.00 bits per heavy atom. The first kappa shape index (κ1) is 12.9. The van der Waals surface area contributed by atoms with Crippen LogP contribution >= 0.6 is 0 Å². The molecule has 4 aliphatic rings. The standard InChI is InChI=1S/C16H29NO/c1-4-18-10-15(2,3)16(17)13-6-11-5-12(8-13)9-14(16)7-11/h11-14H,4-10,17H2,1-3H3. The Labute approximate surface area is 112 Å². The second kappa shape index (κ2) is 4.21. The predicted octanol–water partition coefficient (Wildman–Crippen LogP) is 3.20. The summed E-state index contributed by atoms with van der Waals surface area (Å²) in [6.07, 6.45) is 7.05. The molecule has 0 unspecified atom stereocenters. The minimum atomic E-state index is 0.0234. The molecular formula is C16H29NO. The fraction of sp³-hybridized carbons (Fsp3) is 1.00. The Kier molecular flexibility index (Phi) is 3.02. The zero-order chi connectivity index (χ0) is 13.0. The second-order valence-electron chi connectivity index (χ2n) is 7.76. The normalized spacial score (nSPS) is 46.7. The van der Waals surface area contributed by atoms with Crippen LogP contribution in [0.4, 0.5) is 0 Å². The quantitative estimate of drug-likeness (QED) is 0.832. The Morgan fingerprint density at radius 1 is 1.06 bits per heavy atom. The summed E-state index contributed by atoms with van der Waals surface area (Å²) in [6.45, 7) is 8.38. The van der Waals surface area contributed by atoms with Crippen molar-refractivity contribution in [2.45, 2.75) is 58.4 Å². The average molecular weight is 251 g/mol. The molecule has 0 aliphatic heterocycles. The van der Waals surface area contributed by atoms with E-state index in [2.05, 4.69) is 20.8 Å². The van der Waals surface area contributed by atoms with Gasteiger partial charge in [0.15, 0.2) is 0 Å². The summed E-state index contributed by atoms with van der Waals surface area (Å²) in [5, 5.41) is 0. The van der Waals surface area contributed by atoms with Crippen molar-refractivity contribution in [1.29, 1.82) is 0 Å². The highest BCUT2D eigenvalue weighted by Gasteiger charge is 2.60. The third-order valence-corrected chi connectivity index (χ3v) is 6.33. The Hall–Kier alpha value is -0.0800. The monoisotopic (exact) mass is 251 g/mol. The molecule has 0 aromatic heterocycles. The van der Waals surface area contributed by atoms with Crippen molar-refractivity contribution in [3.05, 3.63) is 0 Å². The predicted molar refractivity (Wildman–Crippen MR) is 74.2 cm³/mol. The van der Waals surface area contributed by atoms with Crippen LogP contribution in [0.15, 0.2) is 0 Å². The van der Waals surface area contributed by atoms with E-state index in [1.165, 1.54) is 32.1 Å². The summed E-state index contributed by atoms with van der Waals surface area (Å²) in [5.41, 5.74) is 7.17. The number of hydrogen-bond acceptors (Lipinski definition) is 2. The van der Waals surface area contributed by atoms with Gasteiger partial charge in [0.25, 0.3) is 0 Å². The van der Waals surface area contributed by atoms with Crippen LogP contribution in [0.1, 0.15) is 52.9 Å². The van der Waals surface area contributed by atoms with Crippen LogP contribution in [0.3, 0.4) is 0 Å². The van der Waals surface area contributed by atoms with E-state index < -0.39 is 0 Å². The van der Waals surface area contributed by atoms with Gasteiger partial charge in [-0.25, -0.2) is 0 Å². The number of ether oxygens (including phenoxy) is 1. The summed E-state index contributed by atoms with van der Waals surface area (Å²) in [5.74, 6) is 3.49. The van der Waals surface area contributed by atoms with Crippen molar-refractivity contribution >= 4 is 0 Å². The second-order valence-corrected chi connectivity index (χ2v) is 7.76. The first-order chi connectivity index (χ1) is 8.47. The molecule has 2 nitrogen and oxygen atoms in total. The van der Waals surface area contributed by atoms with Crippen molar-refractivity contribution in [3.63, 3.8) is 0 Å². The van der Waals surface area contributed by atoms with Crippen molar-refractivity contribution < 1.29 is 4.74 Å². The molecule has 4 saturated carbocycles. The van der Waals surface area contributed by atoms with Gasteiger partial charge in [-0.1, -0.05) is 13.8 Å². The molecule has 0 aromatic carbocycles. The van der Waals surface area contributed by atoms with E-state index in [1.54, 1.807) is 0 Å². The van der Waals surface area contributed by atoms with Gasteiger partial charge in [-0.3, -0.25) is 0 Å². The molecule has 0 aromatic rings. The van der Waals surface area contributed by atoms with Crippen LogP contribution in [-0.4, -0.2) is 18.8 Å². The first-order valence-electron chi connectivity index (χ1n) is 7.84. The lowest BCUT2D eigenvalue weighted by Gasteiger charge is -2.64. The van der Waals surface area contributed by atoms with Gasteiger partial charge >= 0.3 is 0 Å². The maximum absolute atomic E-state index is 7.03. The van der Waals surface area contributed by atoms with Crippen LogP contribution in [0, 0.1) is 29.1 Å². The first-order valence-corrected chi connectivity index (χ1v) is 7.84. The number of nitrogens with two attached hydrogens (primary N) is 1. The molecule has 2 heteroatoms. The third kappa shape index (κ3) is 1.68. The molecule has 4 bridgehead atoms. The minimum absolute atomic E-state index is 0.0234. The van der Waals surface area contributed by atoms with Crippen molar-refractivity contribution in [2.24, 2.45) is 34.8 Å². The van der Waals surface area contributed by atoms with Gasteiger partial charge in [0.05, 0.1) is 6.61 Å². The highest BCUT2D eigenvalue weighted by molar-refractivity contribution is 5.15. The zero-order valence-electron chi connectivity index (χ0n) is 12.2. The zero-order valence-corrected chi connectivity index (χ0v) is 12.2. The SMILES string of the molecule is CCOCC(C)(C)C1(N)C2CC3CC(C2)CC1C3. The smallest absolute Gasteiger partial charge is 0.0534 e. The van der Waals surface area contributed by atoms with E-state index in [0.717, 1.165) is 36.9 Å². The van der Waals surface area contributed by atoms with Gasteiger partial charge < -0.3 is 10.5 Å². The summed E-state index contributed by atoms with van der Waals surface area (Å²) >= 11 is 0. The molecule has 0 radical (unpaired) electrons. The van der Waals surface area contributed by atoms with Gasteiger partial charge in [0.1, 0.15) is 0 Å². The topological polar surface area (TPSA) is 35.2 Å². The Bertz CT molecular complexity index is 295. The van der Waals surface area contributed by atoms with E-state index >= 15 is 0 Å². The van der Waals surface area contributed by atoms with Crippen LogP contribution in [0.5, 0.6) is 0 Å². The number of hydrogen-bond donors (Lipinski definition) is 1. The largest absolute Gasteiger partial charge is 0.381 e. The molecule has 0 spiro atoms. The molecule has 18 heavy (non-hydrogen) atoms. The van der Waals surface area contributed by atoms with Crippen LogP contribution in [-0.2, 0) is 4.74 Å². The van der Waals surface area contributed by atoms with E-state index in [-0.39, 0.29) is 11.0 Å². The maximum atomic E-state index is 7.03. The fourth-order valence-electron chi connectivity index (χ4n) is 5.55. The van der Waals surface area contributed by atoms with Crippen LogP contribution in [0.25, 0.3) is 0 Å². The molecule has 0 amide bonds. The fourth-order valence-corrected chi connectivity index (χ4v) is 5.55. The van der Waals surface area contributed by atoms with Crippen LogP contribution in [0.2, 0.25) is 0 Å². The van der Waals surface area contributed by atoms with Crippen molar-refractivity contribution in [1.82, 2.24) is 0 Å². The summed E-state index contributed by atoms with van der Waals surface area (Å²) in [7, 11) is 0. The van der Waals surface area contributed by atoms with Gasteiger partial charge in [-0.15, -0.1) is 0 Å². The summed E-state index contributed by atoms with van der Waals surface area (Å²) < 4.78 is 5.74. The molecule has 4 rings (SSSR count). The molecule has 0 atom stereocenters. The highest BCUT2D eigenvalue weighted by Crippen LogP contribution is 2.61. The Morgan fingerprint density at radius 2 is 1.56 bits per heavy atom. The molecule has 4 fully saturated rings. The van der Waals surface area contributed by atoms with E-state index in [9.17, 15) is 0 Å². The van der Waals surface area contributed by atoms with E-state index in [4.69, 9.17) is 10.5 Å². The Balaban J connectivity index is 1.85. The highest BCUT2D eigenvalue weighted by atomic mass is 16.5. The lowest BCUT2D eigenvalue weighted by atomic mass is 9.43. The third-order valence-electron chi connectivity index (χ3n) is 6.33. The maximum Gasteiger partial charge on any atom is 0.0534 e. The molecule has 0 heterocycles. The van der Waals surface area contributed by atoms with E-state index in [1.807, 2.05) is 0 Å². The molecule has 2 N–H and O–H groups in total.